The van der Waals surface area contributed by atoms with E-state index < -0.39 is 0 Å². The second-order valence-electron chi connectivity index (χ2n) is 20.1. The van der Waals surface area contributed by atoms with Gasteiger partial charge in [0.25, 0.3) is 0 Å². The van der Waals surface area contributed by atoms with Gasteiger partial charge in [-0.05, 0) is 148 Å². The molecule has 11 aromatic rings. The predicted molar refractivity (Wildman–Crippen MR) is 293 cm³/mol. The maximum atomic E-state index is 2.49. The van der Waals surface area contributed by atoms with Crippen molar-refractivity contribution in [3.8, 4) is 66.8 Å². The van der Waals surface area contributed by atoms with Crippen molar-refractivity contribution in [1.29, 1.82) is 0 Å². The summed E-state index contributed by atoms with van der Waals surface area (Å²) in [4.78, 5) is 2.49. The van der Waals surface area contributed by atoms with Crippen LogP contribution in [0.15, 0.2) is 237 Å². The molecule has 0 spiro atoms. The highest BCUT2D eigenvalue weighted by molar-refractivity contribution is 6.14. The Morgan fingerprint density at radius 3 is 1.26 bits per heavy atom. The highest BCUT2D eigenvalue weighted by atomic mass is 15.1. The summed E-state index contributed by atoms with van der Waals surface area (Å²) in [6, 6.07) is 88.1. The van der Waals surface area contributed by atoms with E-state index in [9.17, 15) is 0 Å². The summed E-state index contributed by atoms with van der Waals surface area (Å²) in [6.45, 7) is 9.51. The van der Waals surface area contributed by atoms with E-state index in [4.69, 9.17) is 0 Å². The maximum Gasteiger partial charge on any atom is 0.0546 e. The Morgan fingerprint density at radius 1 is 0.261 bits per heavy atom. The minimum absolute atomic E-state index is 0.0544. The zero-order chi connectivity index (χ0) is 46.4. The van der Waals surface area contributed by atoms with Gasteiger partial charge in [0.2, 0.25) is 0 Å². The molecule has 1 nitrogen and oxygen atoms in total. The second-order valence-corrected chi connectivity index (χ2v) is 20.1. The van der Waals surface area contributed by atoms with E-state index in [-0.39, 0.29) is 10.8 Å². The summed E-state index contributed by atoms with van der Waals surface area (Å²) in [7, 11) is 0. The normalized spacial score (nSPS) is 13.7. The number of hydrogen-bond acceptors (Lipinski definition) is 1. The molecule has 328 valence electrons. The molecular formula is C68H51N. The van der Waals surface area contributed by atoms with Gasteiger partial charge in [-0.2, -0.15) is 0 Å². The lowest BCUT2D eigenvalue weighted by Gasteiger charge is -2.29. The van der Waals surface area contributed by atoms with Crippen LogP contribution in [0.1, 0.15) is 49.9 Å². The van der Waals surface area contributed by atoms with Crippen LogP contribution in [-0.2, 0) is 10.8 Å². The molecule has 0 amide bonds. The predicted octanol–water partition coefficient (Wildman–Crippen LogP) is 18.7. The van der Waals surface area contributed by atoms with Crippen LogP contribution in [0.4, 0.5) is 17.1 Å². The number of hydrogen-bond donors (Lipinski definition) is 0. The number of rotatable bonds is 7. The number of benzene rings is 11. The van der Waals surface area contributed by atoms with E-state index >= 15 is 0 Å². The van der Waals surface area contributed by atoms with Crippen molar-refractivity contribution < 1.29 is 0 Å². The van der Waals surface area contributed by atoms with E-state index in [1.807, 2.05) is 0 Å². The quantitative estimate of drug-likeness (QED) is 0.144. The molecule has 11 aromatic carbocycles. The van der Waals surface area contributed by atoms with E-state index in [1.54, 1.807) is 0 Å². The highest BCUT2D eigenvalue weighted by Gasteiger charge is 2.37. The van der Waals surface area contributed by atoms with Crippen LogP contribution in [0.2, 0.25) is 0 Å². The minimum atomic E-state index is -0.223. The first-order valence-electron chi connectivity index (χ1n) is 24.3. The molecule has 0 aromatic heterocycles. The summed E-state index contributed by atoms with van der Waals surface area (Å²) in [6.07, 6.45) is 0. The lowest BCUT2D eigenvalue weighted by molar-refractivity contribution is 0.660. The van der Waals surface area contributed by atoms with Crippen LogP contribution in [0.5, 0.6) is 0 Å². The van der Waals surface area contributed by atoms with Crippen molar-refractivity contribution in [2.75, 3.05) is 4.90 Å². The Morgan fingerprint density at radius 2 is 0.652 bits per heavy atom. The summed E-state index contributed by atoms with van der Waals surface area (Å²) in [5, 5.41) is 4.97. The van der Waals surface area contributed by atoms with Crippen molar-refractivity contribution in [3.63, 3.8) is 0 Å². The molecular weight excluding hydrogens is 831 g/mol. The monoisotopic (exact) mass is 881 g/mol. The van der Waals surface area contributed by atoms with Gasteiger partial charge >= 0.3 is 0 Å². The Bertz CT molecular complexity index is 3800. The van der Waals surface area contributed by atoms with Crippen molar-refractivity contribution in [3.05, 3.63) is 259 Å². The van der Waals surface area contributed by atoms with E-state index in [0.29, 0.717) is 0 Å². The average Bonchev–Trinajstić information content (AvgIpc) is 3.77. The molecule has 0 fully saturated rings. The van der Waals surface area contributed by atoms with Gasteiger partial charge in [0, 0.05) is 27.6 Å². The zero-order valence-corrected chi connectivity index (χ0v) is 39.5. The average molecular weight is 882 g/mol. The lowest BCUT2D eigenvalue weighted by Crippen LogP contribution is -2.17. The highest BCUT2D eigenvalue weighted by Crippen LogP contribution is 2.53. The first kappa shape index (κ1) is 41.0. The van der Waals surface area contributed by atoms with E-state index in [0.717, 1.165) is 11.4 Å². The van der Waals surface area contributed by atoms with Crippen LogP contribution in [-0.4, -0.2) is 0 Å². The molecule has 0 radical (unpaired) electrons. The summed E-state index contributed by atoms with van der Waals surface area (Å²) in [5.74, 6) is 0. The summed E-state index contributed by atoms with van der Waals surface area (Å²) >= 11 is 0. The fourth-order valence-electron chi connectivity index (χ4n) is 11.7. The fourth-order valence-corrected chi connectivity index (χ4v) is 11.7. The summed E-state index contributed by atoms with van der Waals surface area (Å²) in [5.41, 5.74) is 23.8. The smallest absolute Gasteiger partial charge is 0.0546 e. The van der Waals surface area contributed by atoms with Crippen LogP contribution in [0.25, 0.3) is 88.3 Å². The largest absolute Gasteiger partial charge is 0.310 e. The molecule has 0 saturated carbocycles. The number of fused-ring (bicyclic) bond motifs is 9. The first-order valence-corrected chi connectivity index (χ1v) is 24.3. The Kier molecular flexibility index (Phi) is 9.30. The van der Waals surface area contributed by atoms with Crippen LogP contribution in [0.3, 0.4) is 0 Å². The zero-order valence-electron chi connectivity index (χ0n) is 39.5. The van der Waals surface area contributed by atoms with Crippen LogP contribution in [0, 0.1) is 0 Å². The standard InChI is InChI=1S/C68H51N/c1-67(2)62-21-13-12-19-57(62)58-37-32-51(40-63(58)67)49-30-34-53(35-31-49)69(66-42-52-16-8-9-17-55(52)56-18-10-11-20-61(56)66)54-36-39-60-59-38-33-50(41-64(59)68(3,4)65(60)43-54)48-28-26-47(27-29-48)46-24-22-45(23-25-46)44-14-6-5-7-15-44/h5-43H,1-4H3. The molecule has 1 heteroatoms. The molecule has 0 saturated heterocycles. The maximum absolute atomic E-state index is 2.49. The van der Waals surface area contributed by atoms with Gasteiger partial charge in [0.1, 0.15) is 0 Å². The third-order valence-corrected chi connectivity index (χ3v) is 15.5. The topological polar surface area (TPSA) is 3.24 Å². The molecule has 0 bridgehead atoms. The van der Waals surface area contributed by atoms with Crippen molar-refractivity contribution >= 4 is 38.6 Å². The van der Waals surface area contributed by atoms with Gasteiger partial charge in [0.05, 0.1) is 5.69 Å². The van der Waals surface area contributed by atoms with Crippen molar-refractivity contribution in [2.45, 2.75) is 38.5 Å². The molecule has 0 unspecified atom stereocenters. The SMILES string of the molecule is CC1(C)c2ccccc2-c2ccc(-c3ccc(N(c4ccc5c(c4)C(C)(C)c4cc(-c6ccc(-c7ccc(-c8ccccc8)cc7)cc6)ccc4-5)c4cc5ccccc5c5ccccc45)cc3)cc21. The molecule has 0 aliphatic heterocycles. The van der Waals surface area contributed by atoms with Gasteiger partial charge < -0.3 is 4.90 Å². The van der Waals surface area contributed by atoms with E-state index in [1.165, 1.54) is 116 Å². The van der Waals surface area contributed by atoms with Crippen LogP contribution >= 0.6 is 0 Å². The Labute approximate surface area is 405 Å². The van der Waals surface area contributed by atoms with Gasteiger partial charge in [-0.3, -0.25) is 0 Å². The molecule has 2 aliphatic carbocycles. The first-order chi connectivity index (χ1) is 33.7. The molecule has 2 aliphatic rings. The molecule has 0 N–H and O–H groups in total. The Balaban J connectivity index is 0.868. The summed E-state index contributed by atoms with van der Waals surface area (Å²) < 4.78 is 0. The van der Waals surface area contributed by atoms with Gasteiger partial charge in [0.15, 0.2) is 0 Å². The molecule has 13 rings (SSSR count). The second kappa shape index (κ2) is 15.7. The minimum Gasteiger partial charge on any atom is -0.310 e. The third-order valence-electron chi connectivity index (χ3n) is 15.5. The third kappa shape index (κ3) is 6.60. The number of anilines is 3. The molecule has 0 heterocycles. The van der Waals surface area contributed by atoms with Gasteiger partial charge in [-0.1, -0.05) is 222 Å². The van der Waals surface area contributed by atoms with E-state index in [2.05, 4.69) is 269 Å². The van der Waals surface area contributed by atoms with Crippen molar-refractivity contribution in [2.24, 2.45) is 0 Å². The van der Waals surface area contributed by atoms with Crippen LogP contribution < -0.4 is 4.90 Å². The Hall–Kier alpha value is -8.26. The van der Waals surface area contributed by atoms with Gasteiger partial charge in [-0.15, -0.1) is 0 Å². The number of nitrogens with zero attached hydrogens (tertiary/aromatic N) is 1. The lowest BCUT2D eigenvalue weighted by atomic mass is 9.81. The molecule has 0 atom stereocenters. The molecule has 69 heavy (non-hydrogen) atoms. The van der Waals surface area contributed by atoms with Crippen molar-refractivity contribution in [1.82, 2.24) is 0 Å². The van der Waals surface area contributed by atoms with Gasteiger partial charge in [-0.25, -0.2) is 0 Å². The fraction of sp³-hybridized carbons (Fsp3) is 0.0882.